The van der Waals surface area contributed by atoms with Crippen LogP contribution < -0.4 is 0 Å². The molecule has 22 heavy (non-hydrogen) atoms. The average molecular weight is 292 g/mol. The maximum Gasteiger partial charge on any atom is 0.185 e. The van der Waals surface area contributed by atoms with E-state index in [-0.39, 0.29) is 5.78 Å². The number of ketones is 1. The molecule has 3 heteroatoms. The minimum absolute atomic E-state index is 0.119. The number of Topliss-reactive ketones (excluding diaryl/α,β-unsaturated/α-hetero) is 1. The molecule has 0 unspecified atom stereocenters. The van der Waals surface area contributed by atoms with Crippen LogP contribution in [0.5, 0.6) is 0 Å². The number of allylic oxidation sites excluding steroid dienone is 6. The van der Waals surface area contributed by atoms with Crippen LogP contribution in [-0.2, 0) is 4.79 Å². The standard InChI is InChI=1S/C19H16O3/c20-19-15(5-1-7-17-9-3-13-21-17)11-12-16(19)6-2-8-18-10-4-14-22-18/h1-10,13-14H,11-12H2/b7-1-,8-2-,15-5-,16-6+. The third-order valence-corrected chi connectivity index (χ3v) is 3.45. The van der Waals surface area contributed by atoms with Crippen LogP contribution in [0.15, 0.2) is 81.1 Å². The molecule has 1 aliphatic rings. The van der Waals surface area contributed by atoms with E-state index in [0.717, 1.165) is 35.5 Å². The Hall–Kier alpha value is -2.81. The summed E-state index contributed by atoms with van der Waals surface area (Å²) in [6.07, 6.45) is 15.9. The van der Waals surface area contributed by atoms with Gasteiger partial charge in [0, 0.05) is 11.1 Å². The molecular weight excluding hydrogens is 276 g/mol. The van der Waals surface area contributed by atoms with E-state index in [1.807, 2.05) is 60.7 Å². The summed E-state index contributed by atoms with van der Waals surface area (Å²) in [5, 5.41) is 0. The van der Waals surface area contributed by atoms with Gasteiger partial charge in [-0.15, -0.1) is 0 Å². The van der Waals surface area contributed by atoms with Crippen LogP contribution in [0.1, 0.15) is 24.4 Å². The summed E-state index contributed by atoms with van der Waals surface area (Å²) in [4.78, 5) is 12.2. The molecule has 0 spiro atoms. The molecule has 2 aromatic heterocycles. The van der Waals surface area contributed by atoms with Gasteiger partial charge in [-0.1, -0.05) is 24.3 Å². The van der Waals surface area contributed by atoms with Crippen LogP contribution in [0.3, 0.4) is 0 Å². The van der Waals surface area contributed by atoms with Crippen molar-refractivity contribution < 1.29 is 13.6 Å². The molecule has 0 atom stereocenters. The van der Waals surface area contributed by atoms with Crippen LogP contribution in [0, 0.1) is 0 Å². The van der Waals surface area contributed by atoms with Crippen molar-refractivity contribution in [3.05, 3.63) is 83.8 Å². The van der Waals surface area contributed by atoms with Gasteiger partial charge in [-0.3, -0.25) is 4.79 Å². The van der Waals surface area contributed by atoms with Gasteiger partial charge in [0.05, 0.1) is 12.5 Å². The first-order valence-corrected chi connectivity index (χ1v) is 7.19. The SMILES string of the molecule is O=C1/C(=C\C=C/c2ccco2)CC/C1=C\C=C/c1ccco1. The van der Waals surface area contributed by atoms with Crippen LogP contribution in [0.2, 0.25) is 0 Å². The first-order valence-electron chi connectivity index (χ1n) is 7.19. The van der Waals surface area contributed by atoms with Gasteiger partial charge in [-0.25, -0.2) is 0 Å². The second kappa shape index (κ2) is 6.76. The van der Waals surface area contributed by atoms with Crippen molar-refractivity contribution in [1.82, 2.24) is 0 Å². The zero-order valence-electron chi connectivity index (χ0n) is 12.1. The van der Waals surface area contributed by atoms with Gasteiger partial charge in [0.25, 0.3) is 0 Å². The lowest BCUT2D eigenvalue weighted by Gasteiger charge is -1.91. The Morgan fingerprint density at radius 2 is 1.32 bits per heavy atom. The van der Waals surface area contributed by atoms with Crippen molar-refractivity contribution in [2.45, 2.75) is 12.8 Å². The predicted molar refractivity (Wildman–Crippen MR) is 85.9 cm³/mol. The summed E-state index contributed by atoms with van der Waals surface area (Å²) in [6, 6.07) is 7.41. The molecule has 2 aromatic rings. The Bertz CT molecular complexity index is 674. The molecule has 1 fully saturated rings. The fourth-order valence-electron chi connectivity index (χ4n) is 2.31. The first kappa shape index (κ1) is 14.1. The highest BCUT2D eigenvalue weighted by molar-refractivity contribution is 6.11. The van der Waals surface area contributed by atoms with E-state index in [4.69, 9.17) is 8.83 Å². The number of rotatable bonds is 4. The summed E-state index contributed by atoms with van der Waals surface area (Å²) in [7, 11) is 0. The third-order valence-electron chi connectivity index (χ3n) is 3.45. The molecule has 110 valence electrons. The van der Waals surface area contributed by atoms with E-state index in [1.165, 1.54) is 0 Å². The monoisotopic (exact) mass is 292 g/mol. The molecule has 3 nitrogen and oxygen atoms in total. The fourth-order valence-corrected chi connectivity index (χ4v) is 2.31. The van der Waals surface area contributed by atoms with Crippen molar-refractivity contribution in [2.24, 2.45) is 0 Å². The molecule has 0 aliphatic heterocycles. The van der Waals surface area contributed by atoms with E-state index >= 15 is 0 Å². The van der Waals surface area contributed by atoms with Gasteiger partial charge >= 0.3 is 0 Å². The highest BCUT2D eigenvalue weighted by Gasteiger charge is 2.21. The van der Waals surface area contributed by atoms with Crippen molar-refractivity contribution in [3.8, 4) is 0 Å². The summed E-state index contributed by atoms with van der Waals surface area (Å²) < 4.78 is 10.4. The number of hydrogen-bond donors (Lipinski definition) is 0. The Balaban J connectivity index is 1.64. The van der Waals surface area contributed by atoms with E-state index in [1.54, 1.807) is 12.5 Å². The quantitative estimate of drug-likeness (QED) is 0.759. The molecule has 1 aliphatic carbocycles. The van der Waals surface area contributed by atoms with E-state index in [2.05, 4.69) is 0 Å². The normalized spacial score (nSPS) is 19.4. The third kappa shape index (κ3) is 3.44. The number of hydrogen-bond acceptors (Lipinski definition) is 3. The number of carbonyl (C=O) groups is 1. The van der Waals surface area contributed by atoms with Gasteiger partial charge in [0.1, 0.15) is 11.5 Å². The van der Waals surface area contributed by atoms with Crippen molar-refractivity contribution in [1.29, 1.82) is 0 Å². The molecule has 0 N–H and O–H groups in total. The lowest BCUT2D eigenvalue weighted by Crippen LogP contribution is -1.94. The van der Waals surface area contributed by atoms with Gasteiger partial charge in [0.15, 0.2) is 5.78 Å². The lowest BCUT2D eigenvalue weighted by molar-refractivity contribution is -0.111. The molecule has 1 saturated carbocycles. The molecule has 0 amide bonds. The average Bonchev–Trinajstić information content (AvgIpc) is 3.25. The van der Waals surface area contributed by atoms with Crippen molar-refractivity contribution in [3.63, 3.8) is 0 Å². The van der Waals surface area contributed by atoms with E-state index in [9.17, 15) is 4.79 Å². The molecule has 2 heterocycles. The Morgan fingerprint density at radius 3 is 1.73 bits per heavy atom. The highest BCUT2D eigenvalue weighted by atomic mass is 16.3. The molecular formula is C19H16O3. The minimum Gasteiger partial charge on any atom is -0.465 e. The summed E-state index contributed by atoms with van der Waals surface area (Å²) >= 11 is 0. The molecule has 0 saturated heterocycles. The minimum atomic E-state index is 0.119. The number of carbonyl (C=O) groups excluding carboxylic acids is 1. The van der Waals surface area contributed by atoms with Gasteiger partial charge < -0.3 is 8.83 Å². The zero-order valence-corrected chi connectivity index (χ0v) is 12.1. The molecule has 0 bridgehead atoms. The maximum absolute atomic E-state index is 12.2. The van der Waals surface area contributed by atoms with Crippen LogP contribution in [0.25, 0.3) is 12.2 Å². The van der Waals surface area contributed by atoms with Crippen molar-refractivity contribution >= 4 is 17.9 Å². The summed E-state index contributed by atoms with van der Waals surface area (Å²) in [5.74, 6) is 1.67. The smallest absolute Gasteiger partial charge is 0.185 e. The van der Waals surface area contributed by atoms with Gasteiger partial charge in [-0.2, -0.15) is 0 Å². The van der Waals surface area contributed by atoms with Gasteiger partial charge in [-0.05, 0) is 49.3 Å². The van der Waals surface area contributed by atoms with Crippen LogP contribution in [0.4, 0.5) is 0 Å². The van der Waals surface area contributed by atoms with Gasteiger partial charge in [0.2, 0.25) is 0 Å². The lowest BCUT2D eigenvalue weighted by atomic mass is 10.1. The molecule has 3 rings (SSSR count). The van der Waals surface area contributed by atoms with Crippen LogP contribution >= 0.6 is 0 Å². The Labute approximate surface area is 128 Å². The highest BCUT2D eigenvalue weighted by Crippen LogP contribution is 2.26. The topological polar surface area (TPSA) is 43.4 Å². The zero-order chi connectivity index (χ0) is 15.2. The second-order valence-electron chi connectivity index (χ2n) is 4.96. The van der Waals surface area contributed by atoms with E-state index < -0.39 is 0 Å². The largest absolute Gasteiger partial charge is 0.465 e. The predicted octanol–water partition coefficient (Wildman–Crippen LogP) is 4.81. The molecule has 0 aromatic carbocycles. The maximum atomic E-state index is 12.2. The molecule has 0 radical (unpaired) electrons. The summed E-state index contributed by atoms with van der Waals surface area (Å²) in [6.45, 7) is 0. The first-order chi connectivity index (χ1) is 10.8. The number of furan rings is 2. The van der Waals surface area contributed by atoms with Crippen LogP contribution in [-0.4, -0.2) is 5.78 Å². The Morgan fingerprint density at radius 1 is 0.818 bits per heavy atom. The Kier molecular flexibility index (Phi) is 4.35. The van der Waals surface area contributed by atoms with Crippen molar-refractivity contribution in [2.75, 3.05) is 0 Å². The summed E-state index contributed by atoms with van der Waals surface area (Å²) in [5.41, 5.74) is 1.67. The second-order valence-corrected chi connectivity index (χ2v) is 4.96. The van der Waals surface area contributed by atoms with E-state index in [0.29, 0.717) is 0 Å². The fraction of sp³-hybridized carbons (Fsp3) is 0.105.